The van der Waals surface area contributed by atoms with Gasteiger partial charge in [-0.3, -0.25) is 4.90 Å². The lowest BCUT2D eigenvalue weighted by Gasteiger charge is -2.24. The van der Waals surface area contributed by atoms with Crippen molar-refractivity contribution in [2.75, 3.05) is 32.1 Å². The molecule has 0 aromatic carbocycles. The normalized spacial score (nSPS) is 15.6. The first-order valence-corrected chi connectivity index (χ1v) is 8.31. The molecule has 19 heavy (non-hydrogen) atoms. The van der Waals surface area contributed by atoms with E-state index in [0.29, 0.717) is 6.54 Å². The maximum atomic E-state index is 11.5. The fraction of sp³-hybridized carbons (Fsp3) is 0.692. The van der Waals surface area contributed by atoms with Crippen LogP contribution in [0.2, 0.25) is 0 Å². The smallest absolute Gasteiger partial charge is 0.151 e. The van der Waals surface area contributed by atoms with Gasteiger partial charge in [0.25, 0.3) is 0 Å². The van der Waals surface area contributed by atoms with Crippen LogP contribution in [-0.4, -0.2) is 51.5 Å². The molecule has 5 nitrogen and oxygen atoms in total. The van der Waals surface area contributed by atoms with Gasteiger partial charge in [0.2, 0.25) is 0 Å². The Balaban J connectivity index is 2.54. The van der Waals surface area contributed by atoms with Crippen molar-refractivity contribution in [1.29, 1.82) is 0 Å². The summed E-state index contributed by atoms with van der Waals surface area (Å²) in [5.41, 5.74) is 0. The van der Waals surface area contributed by atoms with Gasteiger partial charge in [0.05, 0.1) is 18.1 Å². The topological polar surface area (TPSA) is 62.6 Å². The van der Waals surface area contributed by atoms with E-state index in [4.69, 9.17) is 4.42 Å². The third kappa shape index (κ3) is 5.34. The van der Waals surface area contributed by atoms with Crippen molar-refractivity contribution in [3.8, 4) is 0 Å². The molecular weight excluding hydrogens is 264 g/mol. The van der Waals surface area contributed by atoms with Gasteiger partial charge in [-0.1, -0.05) is 6.92 Å². The largest absolute Gasteiger partial charge is 0.468 e. The van der Waals surface area contributed by atoms with Gasteiger partial charge in [-0.25, -0.2) is 8.42 Å². The molecule has 1 heterocycles. The summed E-state index contributed by atoms with van der Waals surface area (Å²) in [6.45, 7) is 4.22. The number of sulfone groups is 1. The summed E-state index contributed by atoms with van der Waals surface area (Å²) in [6.07, 6.45) is 1.65. The number of nitrogens with one attached hydrogen (secondary N) is 1. The van der Waals surface area contributed by atoms with Crippen molar-refractivity contribution in [1.82, 2.24) is 10.2 Å². The lowest BCUT2D eigenvalue weighted by atomic mass is 10.2. The molecule has 1 aromatic rings. The quantitative estimate of drug-likeness (QED) is 0.781. The van der Waals surface area contributed by atoms with Gasteiger partial charge in [-0.15, -0.1) is 0 Å². The Bertz CT molecular complexity index is 454. The Morgan fingerprint density at radius 1 is 1.42 bits per heavy atom. The summed E-state index contributed by atoms with van der Waals surface area (Å²) < 4.78 is 28.5. The Hall–Kier alpha value is -0.850. The lowest BCUT2D eigenvalue weighted by Crippen LogP contribution is -2.39. The van der Waals surface area contributed by atoms with Crippen LogP contribution in [0.15, 0.2) is 22.8 Å². The minimum absolute atomic E-state index is 0.0673. The molecule has 0 aliphatic carbocycles. The summed E-state index contributed by atoms with van der Waals surface area (Å²) in [6, 6.07) is 3.82. The van der Waals surface area contributed by atoms with Crippen molar-refractivity contribution < 1.29 is 12.8 Å². The van der Waals surface area contributed by atoms with Crippen molar-refractivity contribution in [2.24, 2.45) is 0 Å². The first-order chi connectivity index (χ1) is 8.85. The zero-order valence-corrected chi connectivity index (χ0v) is 12.9. The molecule has 0 radical (unpaired) electrons. The molecule has 2 atom stereocenters. The van der Waals surface area contributed by atoms with E-state index in [1.807, 2.05) is 38.1 Å². The van der Waals surface area contributed by atoms with Gasteiger partial charge in [-0.2, -0.15) is 0 Å². The van der Waals surface area contributed by atoms with E-state index in [-0.39, 0.29) is 23.6 Å². The first kappa shape index (κ1) is 16.2. The van der Waals surface area contributed by atoms with E-state index >= 15 is 0 Å². The van der Waals surface area contributed by atoms with Gasteiger partial charge < -0.3 is 9.73 Å². The molecule has 6 heteroatoms. The summed E-state index contributed by atoms with van der Waals surface area (Å²) in [5, 5.41) is 3.26. The molecule has 0 amide bonds. The Morgan fingerprint density at radius 2 is 2.11 bits per heavy atom. The third-order valence-electron chi connectivity index (χ3n) is 3.10. The molecule has 0 spiro atoms. The van der Waals surface area contributed by atoms with Crippen LogP contribution < -0.4 is 5.32 Å². The third-order valence-corrected chi connectivity index (χ3v) is 4.99. The van der Waals surface area contributed by atoms with Crippen LogP contribution in [0, 0.1) is 0 Å². The number of furan rings is 1. The monoisotopic (exact) mass is 288 g/mol. The molecule has 1 aromatic heterocycles. The van der Waals surface area contributed by atoms with Crippen molar-refractivity contribution >= 4 is 9.84 Å². The van der Waals surface area contributed by atoms with Gasteiger partial charge in [0.15, 0.2) is 9.84 Å². The molecule has 110 valence electrons. The fourth-order valence-corrected chi connectivity index (χ4v) is 3.00. The second-order valence-electron chi connectivity index (χ2n) is 5.00. The van der Waals surface area contributed by atoms with E-state index < -0.39 is 9.84 Å². The fourth-order valence-electron chi connectivity index (χ4n) is 1.89. The standard InChI is InChI=1S/C13H24N2O3S/c1-5-19(16,17)10-11(2)14-9-12(15(3)4)13-7-6-8-18-13/h6-8,11-12,14H,5,9-10H2,1-4H3. The number of hydrogen-bond donors (Lipinski definition) is 1. The molecule has 2 unspecified atom stereocenters. The van der Waals surface area contributed by atoms with Gasteiger partial charge in [-0.05, 0) is 33.2 Å². The number of nitrogens with zero attached hydrogens (tertiary/aromatic N) is 1. The maximum Gasteiger partial charge on any atom is 0.151 e. The predicted octanol–water partition coefficient (Wildman–Crippen LogP) is 1.30. The van der Waals surface area contributed by atoms with E-state index in [2.05, 4.69) is 5.32 Å². The molecule has 0 saturated carbocycles. The Labute approximate surface area is 115 Å². The SMILES string of the molecule is CCS(=O)(=O)CC(C)NCC(c1ccco1)N(C)C. The maximum absolute atomic E-state index is 11.5. The van der Waals surface area contributed by atoms with Crippen LogP contribution in [0.1, 0.15) is 25.6 Å². The molecule has 0 saturated heterocycles. The van der Waals surface area contributed by atoms with E-state index in [9.17, 15) is 8.42 Å². The van der Waals surface area contributed by atoms with Crippen LogP contribution in [-0.2, 0) is 9.84 Å². The molecular formula is C13H24N2O3S. The van der Waals surface area contributed by atoms with Crippen molar-refractivity contribution in [3.05, 3.63) is 24.2 Å². The first-order valence-electron chi connectivity index (χ1n) is 6.49. The van der Waals surface area contributed by atoms with E-state index in [1.54, 1.807) is 13.2 Å². The van der Waals surface area contributed by atoms with Crippen LogP contribution >= 0.6 is 0 Å². The van der Waals surface area contributed by atoms with Crippen LogP contribution in [0.5, 0.6) is 0 Å². The Morgan fingerprint density at radius 3 is 2.58 bits per heavy atom. The number of likely N-dealkylation sites (N-methyl/N-ethyl adjacent to an activating group) is 1. The summed E-state index contributed by atoms with van der Waals surface area (Å²) in [7, 11) is 1.01. The molecule has 0 bridgehead atoms. The predicted molar refractivity (Wildman–Crippen MR) is 76.9 cm³/mol. The molecule has 0 aliphatic rings. The van der Waals surface area contributed by atoms with Crippen LogP contribution in [0.3, 0.4) is 0 Å². The second kappa shape index (κ2) is 7.07. The molecule has 1 rings (SSSR count). The van der Waals surface area contributed by atoms with Crippen molar-refractivity contribution in [2.45, 2.75) is 25.9 Å². The van der Waals surface area contributed by atoms with Gasteiger partial charge in [0.1, 0.15) is 5.76 Å². The highest BCUT2D eigenvalue weighted by Gasteiger charge is 2.19. The minimum atomic E-state index is -2.94. The highest BCUT2D eigenvalue weighted by molar-refractivity contribution is 7.91. The average Bonchev–Trinajstić information content (AvgIpc) is 2.82. The summed E-state index contributed by atoms with van der Waals surface area (Å²) in [4.78, 5) is 2.05. The Kier molecular flexibility index (Phi) is 6.03. The molecule has 1 N–H and O–H groups in total. The average molecular weight is 288 g/mol. The van der Waals surface area contributed by atoms with Gasteiger partial charge in [0, 0.05) is 18.3 Å². The van der Waals surface area contributed by atoms with Crippen LogP contribution in [0.25, 0.3) is 0 Å². The number of rotatable bonds is 8. The van der Waals surface area contributed by atoms with Crippen LogP contribution in [0.4, 0.5) is 0 Å². The minimum Gasteiger partial charge on any atom is -0.468 e. The summed E-state index contributed by atoms with van der Waals surface area (Å²) >= 11 is 0. The lowest BCUT2D eigenvalue weighted by molar-refractivity contribution is 0.246. The second-order valence-corrected chi connectivity index (χ2v) is 7.40. The van der Waals surface area contributed by atoms with Gasteiger partial charge >= 0.3 is 0 Å². The molecule has 0 aliphatic heterocycles. The number of hydrogen-bond acceptors (Lipinski definition) is 5. The van der Waals surface area contributed by atoms with Crippen molar-refractivity contribution in [3.63, 3.8) is 0 Å². The molecule has 0 fully saturated rings. The summed E-state index contributed by atoms with van der Waals surface area (Å²) in [5.74, 6) is 1.24. The highest BCUT2D eigenvalue weighted by Crippen LogP contribution is 2.17. The van der Waals surface area contributed by atoms with E-state index in [0.717, 1.165) is 5.76 Å². The highest BCUT2D eigenvalue weighted by atomic mass is 32.2. The van der Waals surface area contributed by atoms with E-state index in [1.165, 1.54) is 0 Å². The zero-order chi connectivity index (χ0) is 14.5. The zero-order valence-electron chi connectivity index (χ0n) is 12.1.